The average molecular weight is 456 g/mol. The molecule has 4 aliphatic rings. The molecule has 2 amide bonds. The molecule has 1 aromatic rings. The third kappa shape index (κ3) is 4.90. The number of nitrogens with one attached hydrogen (secondary N) is 1. The van der Waals surface area contributed by atoms with Crippen LogP contribution in [-0.4, -0.2) is 73.8 Å². The number of benzene rings is 1. The topological polar surface area (TPSA) is 71.1 Å². The standard InChI is InChI=1S/C26H37N3O4/c1-19(30)27-24-16-26(23-5-3-2-4-22(23)24)9-13-28(14-10-26)17-20-6-11-29(12-7-20)25(31)33-21-8-15-32-18-21/h2-5,20-21,24H,6-18H2,1H3,(H,27,30)/t21-,24-/m0/s1. The molecule has 0 radical (unpaired) electrons. The normalized spacial score (nSPS) is 27.5. The molecule has 0 bridgehead atoms. The monoisotopic (exact) mass is 455 g/mol. The van der Waals surface area contributed by atoms with Crippen LogP contribution in [0.5, 0.6) is 0 Å². The fraction of sp³-hybridized carbons (Fsp3) is 0.692. The Balaban J connectivity index is 1.11. The minimum atomic E-state index is -0.169. The Labute approximate surface area is 196 Å². The summed E-state index contributed by atoms with van der Waals surface area (Å²) in [5.74, 6) is 0.692. The quantitative estimate of drug-likeness (QED) is 0.755. The molecular weight excluding hydrogens is 418 g/mol. The van der Waals surface area contributed by atoms with Crippen molar-refractivity contribution in [2.75, 3.05) is 45.9 Å². The van der Waals surface area contributed by atoms with Gasteiger partial charge in [-0.25, -0.2) is 4.79 Å². The van der Waals surface area contributed by atoms with E-state index in [2.05, 4.69) is 34.5 Å². The van der Waals surface area contributed by atoms with Crippen LogP contribution >= 0.6 is 0 Å². The van der Waals surface area contributed by atoms with E-state index in [9.17, 15) is 9.59 Å². The van der Waals surface area contributed by atoms with Crippen LogP contribution in [0.3, 0.4) is 0 Å². The molecule has 33 heavy (non-hydrogen) atoms. The fourth-order valence-electron chi connectivity index (χ4n) is 6.39. The highest BCUT2D eigenvalue weighted by Crippen LogP contribution is 2.50. The van der Waals surface area contributed by atoms with Crippen molar-refractivity contribution in [3.05, 3.63) is 35.4 Å². The molecule has 3 saturated heterocycles. The van der Waals surface area contributed by atoms with Crippen molar-refractivity contribution >= 4 is 12.0 Å². The average Bonchev–Trinajstić information content (AvgIpc) is 3.43. The lowest BCUT2D eigenvalue weighted by molar-refractivity contribution is -0.119. The number of likely N-dealkylation sites (tertiary alicyclic amines) is 2. The highest BCUT2D eigenvalue weighted by molar-refractivity contribution is 5.74. The van der Waals surface area contributed by atoms with Crippen LogP contribution in [0.15, 0.2) is 24.3 Å². The molecule has 1 spiro atoms. The summed E-state index contributed by atoms with van der Waals surface area (Å²) in [7, 11) is 0. The SMILES string of the molecule is CC(=O)N[C@H]1CC2(CCN(CC3CCN(C(=O)O[C@H]4CCOC4)CC3)CC2)c2ccccc21. The van der Waals surface area contributed by atoms with Gasteiger partial charge in [0.15, 0.2) is 0 Å². The number of hydrogen-bond acceptors (Lipinski definition) is 5. The second-order valence-electron chi connectivity index (χ2n) is 10.4. The zero-order chi connectivity index (χ0) is 22.8. The van der Waals surface area contributed by atoms with Gasteiger partial charge in [-0.3, -0.25) is 4.79 Å². The number of piperidine rings is 2. The summed E-state index contributed by atoms with van der Waals surface area (Å²) in [5.41, 5.74) is 2.95. The fourth-order valence-corrected chi connectivity index (χ4v) is 6.39. The van der Waals surface area contributed by atoms with E-state index in [0.717, 1.165) is 71.2 Å². The summed E-state index contributed by atoms with van der Waals surface area (Å²) in [4.78, 5) is 28.6. The number of fused-ring (bicyclic) bond motifs is 2. The predicted octanol–water partition coefficient (Wildman–Crippen LogP) is 3.24. The van der Waals surface area contributed by atoms with E-state index in [0.29, 0.717) is 19.1 Å². The van der Waals surface area contributed by atoms with Crippen molar-refractivity contribution < 1.29 is 19.1 Å². The van der Waals surface area contributed by atoms with E-state index in [1.807, 2.05) is 4.90 Å². The zero-order valence-corrected chi connectivity index (χ0v) is 19.8. The molecule has 1 N–H and O–H groups in total. The van der Waals surface area contributed by atoms with Gasteiger partial charge in [-0.2, -0.15) is 0 Å². The molecule has 7 nitrogen and oxygen atoms in total. The molecule has 0 saturated carbocycles. The number of rotatable bonds is 4. The Bertz CT molecular complexity index is 853. The highest BCUT2D eigenvalue weighted by atomic mass is 16.6. The number of amides is 2. The maximum Gasteiger partial charge on any atom is 0.410 e. The van der Waals surface area contributed by atoms with Gasteiger partial charge in [0.05, 0.1) is 19.3 Å². The lowest BCUT2D eigenvalue weighted by Gasteiger charge is -2.42. The van der Waals surface area contributed by atoms with Gasteiger partial charge in [-0.15, -0.1) is 0 Å². The van der Waals surface area contributed by atoms with Crippen molar-refractivity contribution in [3.63, 3.8) is 0 Å². The number of carbonyl (C=O) groups is 2. The molecule has 3 fully saturated rings. The first-order chi connectivity index (χ1) is 16.0. The van der Waals surface area contributed by atoms with Gasteiger partial charge in [0, 0.05) is 38.4 Å². The lowest BCUT2D eigenvalue weighted by atomic mass is 9.73. The van der Waals surface area contributed by atoms with Crippen molar-refractivity contribution in [1.82, 2.24) is 15.1 Å². The van der Waals surface area contributed by atoms with E-state index < -0.39 is 0 Å². The van der Waals surface area contributed by atoms with Gasteiger partial charge in [0.1, 0.15) is 6.10 Å². The summed E-state index contributed by atoms with van der Waals surface area (Å²) >= 11 is 0. The lowest BCUT2D eigenvalue weighted by Crippen LogP contribution is -2.46. The van der Waals surface area contributed by atoms with Crippen molar-refractivity contribution in [1.29, 1.82) is 0 Å². The van der Waals surface area contributed by atoms with Crippen molar-refractivity contribution in [2.24, 2.45) is 5.92 Å². The minimum absolute atomic E-state index is 0.0519. The molecule has 3 heterocycles. The molecule has 1 aliphatic carbocycles. The van der Waals surface area contributed by atoms with Crippen LogP contribution < -0.4 is 5.32 Å². The molecule has 180 valence electrons. The second kappa shape index (κ2) is 9.63. The molecule has 1 aromatic carbocycles. The smallest absolute Gasteiger partial charge is 0.410 e. The van der Waals surface area contributed by atoms with E-state index in [1.54, 1.807) is 6.92 Å². The molecule has 7 heteroatoms. The maximum absolute atomic E-state index is 12.4. The molecule has 5 rings (SSSR count). The number of ether oxygens (including phenoxy) is 2. The van der Waals surface area contributed by atoms with Crippen LogP contribution in [0.1, 0.15) is 62.6 Å². The Morgan fingerprint density at radius 3 is 2.58 bits per heavy atom. The third-order valence-corrected chi connectivity index (χ3v) is 8.24. The molecule has 0 aromatic heterocycles. The number of nitrogens with zero attached hydrogens (tertiary/aromatic N) is 2. The first-order valence-corrected chi connectivity index (χ1v) is 12.6. The largest absolute Gasteiger partial charge is 0.444 e. The Hall–Kier alpha value is -2.12. The van der Waals surface area contributed by atoms with Crippen LogP contribution in [0.4, 0.5) is 4.79 Å². The maximum atomic E-state index is 12.4. The first kappa shape index (κ1) is 22.7. The van der Waals surface area contributed by atoms with Gasteiger partial charge in [-0.1, -0.05) is 24.3 Å². The first-order valence-electron chi connectivity index (χ1n) is 12.6. The van der Waals surface area contributed by atoms with Gasteiger partial charge >= 0.3 is 6.09 Å². The minimum Gasteiger partial charge on any atom is -0.444 e. The number of hydrogen-bond donors (Lipinski definition) is 1. The van der Waals surface area contributed by atoms with Crippen molar-refractivity contribution in [2.45, 2.75) is 63.0 Å². The van der Waals surface area contributed by atoms with Crippen molar-refractivity contribution in [3.8, 4) is 0 Å². The van der Waals surface area contributed by atoms with Crippen LogP contribution in [0.2, 0.25) is 0 Å². The Morgan fingerprint density at radius 1 is 1.12 bits per heavy atom. The Morgan fingerprint density at radius 2 is 1.88 bits per heavy atom. The van der Waals surface area contributed by atoms with Gasteiger partial charge in [0.25, 0.3) is 0 Å². The number of carbonyl (C=O) groups excluding carboxylic acids is 2. The Kier molecular flexibility index (Phi) is 6.61. The summed E-state index contributed by atoms with van der Waals surface area (Å²) in [5, 5.41) is 3.18. The molecular formula is C26H37N3O4. The summed E-state index contributed by atoms with van der Waals surface area (Å²) in [6, 6.07) is 8.84. The summed E-state index contributed by atoms with van der Waals surface area (Å²) in [6.07, 6.45) is 5.99. The second-order valence-corrected chi connectivity index (χ2v) is 10.4. The van der Waals surface area contributed by atoms with E-state index in [1.165, 1.54) is 11.1 Å². The van der Waals surface area contributed by atoms with E-state index >= 15 is 0 Å². The predicted molar refractivity (Wildman–Crippen MR) is 125 cm³/mol. The molecule has 0 unspecified atom stereocenters. The third-order valence-electron chi connectivity index (χ3n) is 8.24. The van der Waals surface area contributed by atoms with E-state index in [4.69, 9.17) is 9.47 Å². The van der Waals surface area contributed by atoms with Crippen LogP contribution in [0, 0.1) is 5.92 Å². The van der Waals surface area contributed by atoms with Crippen LogP contribution in [0.25, 0.3) is 0 Å². The van der Waals surface area contributed by atoms with Gasteiger partial charge in [0.2, 0.25) is 5.91 Å². The van der Waals surface area contributed by atoms with Gasteiger partial charge < -0.3 is 24.6 Å². The van der Waals surface area contributed by atoms with Gasteiger partial charge in [-0.05, 0) is 62.2 Å². The van der Waals surface area contributed by atoms with Crippen LogP contribution in [-0.2, 0) is 19.7 Å². The molecule has 3 aliphatic heterocycles. The highest BCUT2D eigenvalue weighted by Gasteiger charge is 2.45. The zero-order valence-electron chi connectivity index (χ0n) is 19.8. The van der Waals surface area contributed by atoms with E-state index in [-0.39, 0.29) is 29.6 Å². The summed E-state index contributed by atoms with van der Waals surface area (Å²) < 4.78 is 10.9. The molecule has 2 atom stereocenters. The summed E-state index contributed by atoms with van der Waals surface area (Å²) in [6.45, 7) is 7.75.